The van der Waals surface area contributed by atoms with Crippen molar-refractivity contribution < 1.29 is 22.7 Å². The van der Waals surface area contributed by atoms with Crippen LogP contribution in [0.2, 0.25) is 0 Å². The van der Waals surface area contributed by atoms with Crippen LogP contribution in [0.25, 0.3) is 0 Å². The predicted molar refractivity (Wildman–Crippen MR) is 111 cm³/mol. The Balaban J connectivity index is 1.92. The number of amides is 1. The minimum Gasteiger partial charge on any atom is -0.495 e. The van der Waals surface area contributed by atoms with E-state index in [0.717, 1.165) is 36.8 Å². The molecule has 156 valence electrons. The lowest BCUT2D eigenvalue weighted by molar-refractivity contribution is 0.0938. The van der Waals surface area contributed by atoms with Crippen molar-refractivity contribution in [3.63, 3.8) is 0 Å². The lowest BCUT2D eigenvalue weighted by atomic mass is 9.92. The number of carbonyl (C=O) groups excluding carboxylic acids is 1. The molecule has 1 aliphatic carbocycles. The van der Waals surface area contributed by atoms with Crippen molar-refractivity contribution in [3.8, 4) is 5.75 Å². The summed E-state index contributed by atoms with van der Waals surface area (Å²) in [6, 6.07) is 10.00. The van der Waals surface area contributed by atoms with Crippen LogP contribution in [0, 0.1) is 0 Å². The molecular weight excluding hydrogens is 392 g/mol. The zero-order valence-electron chi connectivity index (χ0n) is 16.7. The summed E-state index contributed by atoms with van der Waals surface area (Å²) < 4.78 is 39.2. The fourth-order valence-electron chi connectivity index (χ4n) is 3.44. The number of fused-ring (bicyclic) bond motifs is 1. The van der Waals surface area contributed by atoms with Gasteiger partial charge in [0.25, 0.3) is 15.9 Å². The number of rotatable bonds is 8. The number of methoxy groups -OCH3 is 2. The first-order valence-corrected chi connectivity index (χ1v) is 11.0. The number of carbonyl (C=O) groups is 1. The molecule has 8 heteroatoms. The summed E-state index contributed by atoms with van der Waals surface area (Å²) >= 11 is 0. The Bertz CT molecular complexity index is 989. The summed E-state index contributed by atoms with van der Waals surface area (Å²) in [6.07, 6.45) is 3.90. The van der Waals surface area contributed by atoms with Crippen LogP contribution >= 0.6 is 0 Å². The van der Waals surface area contributed by atoms with Crippen molar-refractivity contribution in [3.05, 3.63) is 53.1 Å². The second-order valence-corrected chi connectivity index (χ2v) is 8.53. The average molecular weight is 419 g/mol. The van der Waals surface area contributed by atoms with Gasteiger partial charge < -0.3 is 14.8 Å². The molecule has 1 aliphatic rings. The molecule has 0 heterocycles. The minimum absolute atomic E-state index is 0.0789. The first-order valence-electron chi connectivity index (χ1n) is 9.55. The van der Waals surface area contributed by atoms with E-state index in [0.29, 0.717) is 18.9 Å². The third-order valence-corrected chi connectivity index (χ3v) is 6.31. The molecule has 0 saturated heterocycles. The highest BCUT2D eigenvalue weighted by atomic mass is 32.2. The molecule has 7 nitrogen and oxygen atoms in total. The number of nitrogens with one attached hydrogen (secondary N) is 2. The van der Waals surface area contributed by atoms with E-state index < -0.39 is 10.0 Å². The first-order chi connectivity index (χ1) is 14.0. The van der Waals surface area contributed by atoms with Crippen LogP contribution in [-0.4, -0.2) is 41.7 Å². The molecule has 1 amide bonds. The second-order valence-electron chi connectivity index (χ2n) is 6.88. The van der Waals surface area contributed by atoms with E-state index in [4.69, 9.17) is 9.47 Å². The normalized spacial score (nSPS) is 13.4. The number of ether oxygens (including phenoxy) is 2. The second kappa shape index (κ2) is 9.28. The quantitative estimate of drug-likeness (QED) is 0.643. The van der Waals surface area contributed by atoms with Crippen LogP contribution in [0.1, 0.15) is 34.3 Å². The molecule has 0 unspecified atom stereocenters. The van der Waals surface area contributed by atoms with E-state index in [-0.39, 0.29) is 22.1 Å². The molecule has 2 N–H and O–H groups in total. The summed E-state index contributed by atoms with van der Waals surface area (Å²) in [5.74, 6) is -0.0714. The number of aryl methyl sites for hydroxylation is 2. The average Bonchev–Trinajstić information content (AvgIpc) is 2.73. The van der Waals surface area contributed by atoms with Gasteiger partial charge >= 0.3 is 0 Å². The summed E-state index contributed by atoms with van der Waals surface area (Å²) in [4.78, 5) is 12.5. The minimum atomic E-state index is -3.95. The van der Waals surface area contributed by atoms with Gasteiger partial charge in [0, 0.05) is 13.7 Å². The van der Waals surface area contributed by atoms with Gasteiger partial charge in [-0.1, -0.05) is 12.1 Å². The molecule has 0 radical (unpaired) electrons. The first kappa shape index (κ1) is 21.1. The van der Waals surface area contributed by atoms with Crippen molar-refractivity contribution in [2.75, 3.05) is 32.1 Å². The van der Waals surface area contributed by atoms with Crippen molar-refractivity contribution in [1.82, 2.24) is 5.32 Å². The van der Waals surface area contributed by atoms with Crippen molar-refractivity contribution in [2.24, 2.45) is 0 Å². The maximum Gasteiger partial charge on any atom is 0.265 e. The van der Waals surface area contributed by atoms with Crippen LogP contribution in [0.3, 0.4) is 0 Å². The molecule has 2 aromatic carbocycles. The van der Waals surface area contributed by atoms with Crippen LogP contribution in [0.15, 0.2) is 41.3 Å². The van der Waals surface area contributed by atoms with Crippen molar-refractivity contribution in [2.45, 2.75) is 30.6 Å². The Labute approximate surface area is 171 Å². The maximum atomic E-state index is 13.2. The predicted octanol–water partition coefficient (Wildman–Crippen LogP) is 2.75. The fraction of sp³-hybridized carbons (Fsp3) is 0.381. The standard InChI is InChI=1S/C21H26N2O5S/c1-27-12-11-22-21(24)17-9-5-6-10-18(17)23-29(25,26)20-14-16-8-4-3-7-15(16)13-19(20)28-2/h5-6,9-10,13-14,23H,3-4,7-8,11-12H2,1-2H3,(H,22,24). The van der Waals surface area contributed by atoms with Crippen LogP contribution < -0.4 is 14.8 Å². The lowest BCUT2D eigenvalue weighted by Gasteiger charge is -2.20. The molecule has 0 aromatic heterocycles. The topological polar surface area (TPSA) is 93.7 Å². The zero-order valence-corrected chi connectivity index (χ0v) is 17.5. The van der Waals surface area contributed by atoms with Gasteiger partial charge in [0.15, 0.2) is 0 Å². The Morgan fingerprint density at radius 1 is 1.07 bits per heavy atom. The summed E-state index contributed by atoms with van der Waals surface area (Å²) in [7, 11) is -0.949. The van der Waals surface area contributed by atoms with E-state index in [1.165, 1.54) is 7.11 Å². The fourth-order valence-corrected chi connectivity index (χ4v) is 4.72. The van der Waals surface area contributed by atoms with Crippen LogP contribution in [0.4, 0.5) is 5.69 Å². The maximum absolute atomic E-state index is 13.2. The van der Waals surface area contributed by atoms with Gasteiger partial charge in [0.2, 0.25) is 0 Å². The summed E-state index contributed by atoms with van der Waals surface area (Å²) in [6.45, 7) is 0.695. The Kier molecular flexibility index (Phi) is 6.76. The molecule has 2 aromatic rings. The van der Waals surface area contributed by atoms with E-state index >= 15 is 0 Å². The highest BCUT2D eigenvalue weighted by Crippen LogP contribution is 2.33. The van der Waals surface area contributed by atoms with E-state index in [2.05, 4.69) is 10.0 Å². The summed E-state index contributed by atoms with van der Waals surface area (Å²) in [5.41, 5.74) is 2.61. The molecule has 0 atom stereocenters. The van der Waals surface area contributed by atoms with Gasteiger partial charge in [-0.3, -0.25) is 9.52 Å². The molecule has 0 aliphatic heterocycles. The van der Waals surface area contributed by atoms with Crippen LogP contribution in [-0.2, 0) is 27.6 Å². The van der Waals surface area contributed by atoms with Gasteiger partial charge in [0.1, 0.15) is 10.6 Å². The third-order valence-electron chi connectivity index (χ3n) is 4.93. The Morgan fingerprint density at radius 3 is 2.45 bits per heavy atom. The zero-order chi connectivity index (χ0) is 20.9. The number of benzene rings is 2. The Hall–Kier alpha value is -2.58. The van der Waals surface area contributed by atoms with Crippen LogP contribution in [0.5, 0.6) is 5.75 Å². The van der Waals surface area contributed by atoms with Gasteiger partial charge in [-0.05, 0) is 61.1 Å². The SMILES string of the molecule is COCCNC(=O)c1ccccc1NS(=O)(=O)c1cc2c(cc1OC)CCCC2. The largest absolute Gasteiger partial charge is 0.495 e. The Morgan fingerprint density at radius 2 is 1.76 bits per heavy atom. The molecular formula is C21H26N2O5S. The number of sulfonamides is 1. The van der Waals surface area contributed by atoms with E-state index in [9.17, 15) is 13.2 Å². The van der Waals surface area contributed by atoms with Gasteiger partial charge in [-0.2, -0.15) is 0 Å². The number of anilines is 1. The molecule has 0 saturated carbocycles. The highest BCUT2D eigenvalue weighted by molar-refractivity contribution is 7.92. The number of hydrogen-bond acceptors (Lipinski definition) is 5. The number of para-hydroxylation sites is 1. The number of hydrogen-bond donors (Lipinski definition) is 2. The summed E-state index contributed by atoms with van der Waals surface area (Å²) in [5, 5.41) is 2.71. The molecule has 0 fully saturated rings. The molecule has 0 bridgehead atoms. The smallest absolute Gasteiger partial charge is 0.265 e. The third kappa shape index (κ3) is 4.89. The van der Waals surface area contributed by atoms with Crippen molar-refractivity contribution >= 4 is 21.6 Å². The highest BCUT2D eigenvalue weighted by Gasteiger charge is 2.25. The lowest BCUT2D eigenvalue weighted by Crippen LogP contribution is -2.28. The van der Waals surface area contributed by atoms with Gasteiger partial charge in [-0.15, -0.1) is 0 Å². The van der Waals surface area contributed by atoms with Gasteiger partial charge in [-0.25, -0.2) is 8.42 Å². The molecule has 3 rings (SSSR count). The van der Waals surface area contributed by atoms with Crippen molar-refractivity contribution in [1.29, 1.82) is 0 Å². The molecule has 0 spiro atoms. The molecule has 29 heavy (non-hydrogen) atoms. The van der Waals surface area contributed by atoms with E-state index in [1.54, 1.807) is 37.4 Å². The van der Waals surface area contributed by atoms with Gasteiger partial charge in [0.05, 0.1) is 25.0 Å². The van der Waals surface area contributed by atoms with E-state index in [1.807, 2.05) is 6.07 Å². The monoisotopic (exact) mass is 418 g/mol.